The van der Waals surface area contributed by atoms with Crippen molar-refractivity contribution in [3.8, 4) is 10.4 Å². The molecule has 0 fully saturated rings. The van der Waals surface area contributed by atoms with E-state index >= 15 is 0 Å². The Morgan fingerprint density at radius 1 is 1.27 bits per heavy atom. The predicted octanol–water partition coefficient (Wildman–Crippen LogP) is 4.02. The number of thiophene rings is 1. The van der Waals surface area contributed by atoms with Crippen LogP contribution in [0.1, 0.15) is 10.4 Å². The molecule has 0 bridgehead atoms. The van der Waals surface area contributed by atoms with E-state index in [0.29, 0.717) is 21.7 Å². The number of carbonyl (C=O) groups is 1. The Kier molecular flexibility index (Phi) is 2.84. The van der Waals surface area contributed by atoms with E-state index in [1.54, 1.807) is 12.1 Å². The summed E-state index contributed by atoms with van der Waals surface area (Å²) in [4.78, 5) is 11.6. The second-order valence-corrected chi connectivity index (χ2v) is 4.67. The van der Waals surface area contributed by atoms with Gasteiger partial charge < -0.3 is 0 Å². The maximum atomic E-state index is 13.0. The molecule has 2 aromatic rings. The first-order chi connectivity index (χ1) is 7.20. The molecule has 0 aliphatic heterocycles. The molecule has 0 aliphatic rings. The molecule has 0 N–H and O–H groups in total. The second-order valence-electron chi connectivity index (χ2n) is 2.95. The zero-order chi connectivity index (χ0) is 10.8. The van der Waals surface area contributed by atoms with Gasteiger partial charge in [-0.3, -0.25) is 4.79 Å². The van der Waals surface area contributed by atoms with E-state index in [1.807, 2.05) is 0 Å². The van der Waals surface area contributed by atoms with Crippen LogP contribution in [0.4, 0.5) is 4.39 Å². The normalized spacial score (nSPS) is 10.3. The molecule has 0 atom stereocenters. The standard InChI is InChI=1S/C11H6ClFOS/c12-11-4-3-10(15-11)9-5-8(13)2-1-7(9)6-14/h1-6H. The van der Waals surface area contributed by atoms with Crippen LogP contribution in [0.15, 0.2) is 30.3 Å². The van der Waals surface area contributed by atoms with E-state index in [9.17, 15) is 9.18 Å². The molecule has 0 aliphatic carbocycles. The fourth-order valence-corrected chi connectivity index (χ4v) is 2.39. The average molecular weight is 241 g/mol. The van der Waals surface area contributed by atoms with E-state index in [1.165, 1.54) is 29.5 Å². The molecule has 0 unspecified atom stereocenters. The van der Waals surface area contributed by atoms with Crippen molar-refractivity contribution in [2.24, 2.45) is 0 Å². The molecule has 4 heteroatoms. The van der Waals surface area contributed by atoms with Gasteiger partial charge in [0.05, 0.1) is 4.34 Å². The van der Waals surface area contributed by atoms with Crippen LogP contribution in [-0.4, -0.2) is 6.29 Å². The first-order valence-corrected chi connectivity index (χ1v) is 5.40. The monoisotopic (exact) mass is 240 g/mol. The third-order valence-corrected chi connectivity index (χ3v) is 3.25. The van der Waals surface area contributed by atoms with Gasteiger partial charge in [-0.15, -0.1) is 11.3 Å². The fraction of sp³-hybridized carbons (Fsp3) is 0. The van der Waals surface area contributed by atoms with Gasteiger partial charge in [0.15, 0.2) is 6.29 Å². The summed E-state index contributed by atoms with van der Waals surface area (Å²) in [5.41, 5.74) is 1.05. The summed E-state index contributed by atoms with van der Waals surface area (Å²) in [5, 5.41) is 0. The van der Waals surface area contributed by atoms with Gasteiger partial charge in [0.25, 0.3) is 0 Å². The summed E-state index contributed by atoms with van der Waals surface area (Å²) in [6.07, 6.45) is 0.711. The topological polar surface area (TPSA) is 17.1 Å². The highest BCUT2D eigenvalue weighted by atomic mass is 35.5. The summed E-state index contributed by atoms with van der Waals surface area (Å²) in [7, 11) is 0. The van der Waals surface area contributed by atoms with Crippen LogP contribution in [0.5, 0.6) is 0 Å². The number of rotatable bonds is 2. The van der Waals surface area contributed by atoms with E-state index < -0.39 is 0 Å². The van der Waals surface area contributed by atoms with Gasteiger partial charge in [-0.25, -0.2) is 4.39 Å². The molecule has 1 aromatic heterocycles. The van der Waals surface area contributed by atoms with Gasteiger partial charge in [-0.2, -0.15) is 0 Å². The van der Waals surface area contributed by atoms with Crippen molar-refractivity contribution in [1.82, 2.24) is 0 Å². The summed E-state index contributed by atoms with van der Waals surface area (Å²) >= 11 is 7.10. The third kappa shape index (κ3) is 2.08. The highest BCUT2D eigenvalue weighted by Gasteiger charge is 2.08. The lowest BCUT2D eigenvalue weighted by molar-refractivity contribution is 0.112. The average Bonchev–Trinajstić information content (AvgIpc) is 2.65. The van der Waals surface area contributed by atoms with Crippen LogP contribution in [0.2, 0.25) is 4.34 Å². The van der Waals surface area contributed by atoms with Crippen LogP contribution in [0, 0.1) is 5.82 Å². The Bertz CT molecular complexity index is 507. The number of carbonyl (C=O) groups excluding carboxylic acids is 1. The molecule has 1 aromatic carbocycles. The number of hydrogen-bond donors (Lipinski definition) is 0. The van der Waals surface area contributed by atoms with Crippen LogP contribution < -0.4 is 0 Å². The Morgan fingerprint density at radius 3 is 2.67 bits per heavy atom. The van der Waals surface area contributed by atoms with Crippen molar-refractivity contribution in [2.45, 2.75) is 0 Å². The molecule has 0 saturated carbocycles. The van der Waals surface area contributed by atoms with Crippen LogP contribution in [0.3, 0.4) is 0 Å². The largest absolute Gasteiger partial charge is 0.298 e. The minimum Gasteiger partial charge on any atom is -0.298 e. The Balaban J connectivity index is 2.59. The van der Waals surface area contributed by atoms with Crippen molar-refractivity contribution in [3.63, 3.8) is 0 Å². The highest BCUT2D eigenvalue weighted by Crippen LogP contribution is 2.32. The Labute approximate surface area is 95.1 Å². The summed E-state index contributed by atoms with van der Waals surface area (Å²) < 4.78 is 13.6. The van der Waals surface area contributed by atoms with E-state index in [2.05, 4.69) is 0 Å². The van der Waals surface area contributed by atoms with E-state index in [4.69, 9.17) is 11.6 Å². The Morgan fingerprint density at radius 2 is 2.07 bits per heavy atom. The summed E-state index contributed by atoms with van der Waals surface area (Å²) in [5.74, 6) is -0.361. The van der Waals surface area contributed by atoms with Gasteiger partial charge in [0.2, 0.25) is 0 Å². The predicted molar refractivity (Wildman–Crippen MR) is 60.1 cm³/mol. The number of halogens is 2. The molecule has 2 rings (SSSR count). The molecule has 1 nitrogen and oxygen atoms in total. The minimum absolute atomic E-state index is 0.361. The molecule has 15 heavy (non-hydrogen) atoms. The van der Waals surface area contributed by atoms with E-state index in [0.717, 1.165) is 4.88 Å². The summed E-state index contributed by atoms with van der Waals surface area (Å²) in [6.45, 7) is 0. The molecule has 0 saturated heterocycles. The van der Waals surface area contributed by atoms with Crippen LogP contribution >= 0.6 is 22.9 Å². The first kappa shape index (κ1) is 10.3. The molecular weight excluding hydrogens is 235 g/mol. The van der Waals surface area contributed by atoms with Gasteiger partial charge in [0, 0.05) is 16.0 Å². The van der Waals surface area contributed by atoms with Crippen molar-refractivity contribution >= 4 is 29.2 Å². The molecule has 1 heterocycles. The maximum Gasteiger partial charge on any atom is 0.150 e. The van der Waals surface area contributed by atoms with Crippen molar-refractivity contribution in [1.29, 1.82) is 0 Å². The Hall–Kier alpha value is -1.19. The van der Waals surface area contributed by atoms with Gasteiger partial charge in [0.1, 0.15) is 5.82 Å². The van der Waals surface area contributed by atoms with Crippen molar-refractivity contribution in [3.05, 3.63) is 46.0 Å². The molecule has 0 radical (unpaired) electrons. The maximum absolute atomic E-state index is 13.0. The van der Waals surface area contributed by atoms with Crippen molar-refractivity contribution in [2.75, 3.05) is 0 Å². The van der Waals surface area contributed by atoms with Crippen molar-refractivity contribution < 1.29 is 9.18 Å². The number of hydrogen-bond acceptors (Lipinski definition) is 2. The first-order valence-electron chi connectivity index (χ1n) is 4.21. The zero-order valence-electron chi connectivity index (χ0n) is 7.54. The molecule has 0 spiro atoms. The second kappa shape index (κ2) is 4.13. The SMILES string of the molecule is O=Cc1ccc(F)cc1-c1ccc(Cl)s1. The minimum atomic E-state index is -0.361. The van der Waals surface area contributed by atoms with Gasteiger partial charge >= 0.3 is 0 Å². The lowest BCUT2D eigenvalue weighted by Gasteiger charge is -2.01. The molecular formula is C11H6ClFOS. The molecule has 0 amide bonds. The zero-order valence-corrected chi connectivity index (χ0v) is 9.11. The smallest absolute Gasteiger partial charge is 0.150 e. The van der Waals surface area contributed by atoms with Gasteiger partial charge in [-0.05, 0) is 30.3 Å². The van der Waals surface area contributed by atoms with Gasteiger partial charge in [-0.1, -0.05) is 11.6 Å². The third-order valence-electron chi connectivity index (χ3n) is 1.98. The summed E-state index contributed by atoms with van der Waals surface area (Å²) in [6, 6.07) is 7.56. The lowest BCUT2D eigenvalue weighted by atomic mass is 10.1. The fourth-order valence-electron chi connectivity index (χ4n) is 1.30. The lowest BCUT2D eigenvalue weighted by Crippen LogP contribution is -1.86. The highest BCUT2D eigenvalue weighted by molar-refractivity contribution is 7.19. The van der Waals surface area contributed by atoms with E-state index in [-0.39, 0.29) is 5.82 Å². The molecule has 76 valence electrons. The number of aldehydes is 1. The number of benzene rings is 1. The van der Waals surface area contributed by atoms with Crippen LogP contribution in [0.25, 0.3) is 10.4 Å². The van der Waals surface area contributed by atoms with Crippen LogP contribution in [-0.2, 0) is 0 Å². The quantitative estimate of drug-likeness (QED) is 0.725.